The zero-order valence-electron chi connectivity index (χ0n) is 22.2. The molecule has 7 rings (SSSR count). The van der Waals surface area contributed by atoms with Crippen molar-refractivity contribution in [3.05, 3.63) is 29.2 Å². The molecule has 0 amide bonds. The van der Waals surface area contributed by atoms with Gasteiger partial charge in [-0.15, -0.1) is 0 Å². The van der Waals surface area contributed by atoms with E-state index in [0.717, 1.165) is 57.1 Å². The van der Waals surface area contributed by atoms with E-state index in [1.807, 2.05) is 6.20 Å². The van der Waals surface area contributed by atoms with Crippen LogP contribution in [0.15, 0.2) is 22.4 Å². The van der Waals surface area contributed by atoms with Gasteiger partial charge in [0.1, 0.15) is 11.9 Å². The highest BCUT2D eigenvalue weighted by Gasteiger charge is 2.81. The Morgan fingerprint density at radius 2 is 1.80 bits per heavy atom. The maximum Gasteiger partial charge on any atom is 0.313 e. The summed E-state index contributed by atoms with van der Waals surface area (Å²) in [7, 11) is 0. The molecule has 6 aliphatic rings. The summed E-state index contributed by atoms with van der Waals surface area (Å²) in [6.07, 6.45) is 11.1. The van der Waals surface area contributed by atoms with Crippen molar-refractivity contribution in [2.45, 2.75) is 111 Å². The Hall–Kier alpha value is -1.62. The van der Waals surface area contributed by atoms with Crippen molar-refractivity contribution in [1.29, 1.82) is 0 Å². The summed E-state index contributed by atoms with van der Waals surface area (Å²) in [5.41, 5.74) is 1.02. The van der Waals surface area contributed by atoms with Gasteiger partial charge in [-0.25, -0.2) is 0 Å². The van der Waals surface area contributed by atoms with Gasteiger partial charge in [0.05, 0.1) is 11.6 Å². The molecule has 5 aliphatic carbocycles. The average molecular weight is 480 g/mol. The number of hydrogen-bond acceptors (Lipinski definition) is 5. The molecule has 1 aromatic heterocycles. The van der Waals surface area contributed by atoms with Gasteiger partial charge in [-0.1, -0.05) is 58.3 Å². The van der Waals surface area contributed by atoms with E-state index in [0.29, 0.717) is 11.8 Å². The number of hydrogen-bond donors (Lipinski definition) is 1. The number of carbonyl (C=O) groups excluding carboxylic acids is 1. The summed E-state index contributed by atoms with van der Waals surface area (Å²) in [6.45, 7) is 14.2. The standard InChI is InChI=1S/C30H41NO4/c1-17-19-7-8-27(5)20(26(19,4)14-18-16-31-35-23(17)18)13-22(32)30-21-15-25(2,3)9-11-29(21,24(33)34-30)12-10-28(27,30)6/h13,16-17,19,21-22,32H,7-12,14-15H2,1-6H3/t17-,19-,21+,22+,26-,27+,28-,29-,30+/m0/s1. The summed E-state index contributed by atoms with van der Waals surface area (Å²) in [5, 5.41) is 16.3. The van der Waals surface area contributed by atoms with Crippen LogP contribution in [0.1, 0.15) is 104 Å². The molecule has 9 atom stereocenters. The summed E-state index contributed by atoms with van der Waals surface area (Å²) >= 11 is 0. The molecule has 0 radical (unpaired) electrons. The van der Waals surface area contributed by atoms with Gasteiger partial charge in [0.2, 0.25) is 0 Å². The molecule has 5 nitrogen and oxygen atoms in total. The summed E-state index contributed by atoms with van der Waals surface area (Å²) < 4.78 is 12.3. The monoisotopic (exact) mass is 479 g/mol. The molecular formula is C30H41NO4. The van der Waals surface area contributed by atoms with Crippen LogP contribution in [0, 0.1) is 38.9 Å². The van der Waals surface area contributed by atoms with Gasteiger partial charge in [-0.2, -0.15) is 0 Å². The van der Waals surface area contributed by atoms with Crippen molar-refractivity contribution in [1.82, 2.24) is 5.16 Å². The molecule has 2 heterocycles. The van der Waals surface area contributed by atoms with Crippen LogP contribution in [0.4, 0.5) is 0 Å². The average Bonchev–Trinajstić information content (AvgIpc) is 3.31. The van der Waals surface area contributed by atoms with E-state index >= 15 is 0 Å². The van der Waals surface area contributed by atoms with Gasteiger partial charge in [0.15, 0.2) is 5.60 Å². The Kier molecular flexibility index (Phi) is 4.04. The van der Waals surface area contributed by atoms with Crippen LogP contribution in [-0.2, 0) is 16.0 Å². The lowest BCUT2D eigenvalue weighted by molar-refractivity contribution is -0.242. The smallest absolute Gasteiger partial charge is 0.313 e. The third-order valence-electron chi connectivity index (χ3n) is 13.0. The quantitative estimate of drug-likeness (QED) is 0.367. The Morgan fingerprint density at radius 3 is 2.57 bits per heavy atom. The minimum atomic E-state index is -0.829. The molecule has 5 heteroatoms. The number of allylic oxidation sites excluding steroid dienone is 1. The summed E-state index contributed by atoms with van der Waals surface area (Å²) in [4.78, 5) is 13.7. The molecule has 2 bridgehead atoms. The SMILES string of the molecule is C[C@@H]1c2oncc2C[C@]2(C)C3=C[C@@H](O)[C@]45OC(=O)[C@@]6(CCC(C)(C)C[C@H]64)CC[C@@]5(C)[C@]3(C)CC[C@@H]12. The summed E-state index contributed by atoms with van der Waals surface area (Å²) in [6, 6.07) is 0. The third kappa shape index (κ3) is 2.24. The molecule has 0 unspecified atom stereocenters. The number of aromatic nitrogens is 1. The fourth-order valence-electron chi connectivity index (χ4n) is 10.9. The van der Waals surface area contributed by atoms with Gasteiger partial charge >= 0.3 is 5.97 Å². The second-order valence-corrected chi connectivity index (χ2v) is 14.7. The van der Waals surface area contributed by atoms with Gasteiger partial charge in [0.25, 0.3) is 0 Å². The molecule has 3 saturated carbocycles. The highest BCUT2D eigenvalue weighted by Crippen LogP contribution is 2.79. The van der Waals surface area contributed by atoms with Crippen LogP contribution >= 0.6 is 0 Å². The van der Waals surface area contributed by atoms with E-state index in [1.54, 1.807) is 0 Å². The van der Waals surface area contributed by atoms with Crippen LogP contribution in [0.25, 0.3) is 0 Å². The first-order valence-corrected chi connectivity index (χ1v) is 13.9. The molecule has 1 aromatic rings. The largest absolute Gasteiger partial charge is 0.455 e. The number of rotatable bonds is 0. The minimum absolute atomic E-state index is 0.0264. The van der Waals surface area contributed by atoms with E-state index in [1.165, 1.54) is 11.1 Å². The Labute approximate surface area is 209 Å². The summed E-state index contributed by atoms with van der Waals surface area (Å²) in [5.74, 6) is 1.86. The molecule has 1 N–H and O–H groups in total. The van der Waals surface area contributed by atoms with Crippen molar-refractivity contribution in [2.24, 2.45) is 38.9 Å². The van der Waals surface area contributed by atoms with E-state index in [9.17, 15) is 9.90 Å². The lowest BCUT2D eigenvalue weighted by atomic mass is 9.33. The molecule has 4 fully saturated rings. The Balaban J connectivity index is 1.43. The first-order chi connectivity index (χ1) is 16.3. The van der Waals surface area contributed by atoms with Crippen molar-refractivity contribution >= 4 is 5.97 Å². The topological polar surface area (TPSA) is 72.6 Å². The minimum Gasteiger partial charge on any atom is -0.455 e. The second-order valence-electron chi connectivity index (χ2n) is 14.7. The fraction of sp³-hybridized carbons (Fsp3) is 0.800. The molecular weight excluding hydrogens is 438 g/mol. The van der Waals surface area contributed by atoms with E-state index < -0.39 is 17.1 Å². The number of aliphatic hydroxyl groups is 1. The van der Waals surface area contributed by atoms with Crippen LogP contribution in [0.2, 0.25) is 0 Å². The number of nitrogens with zero attached hydrogens (tertiary/aromatic N) is 1. The predicted molar refractivity (Wildman–Crippen MR) is 131 cm³/mol. The van der Waals surface area contributed by atoms with E-state index in [2.05, 4.69) is 52.8 Å². The van der Waals surface area contributed by atoms with Gasteiger partial charge in [-0.3, -0.25) is 4.79 Å². The molecule has 190 valence electrons. The predicted octanol–water partition coefficient (Wildman–Crippen LogP) is 5.97. The lowest BCUT2D eigenvalue weighted by Gasteiger charge is -2.70. The number of aliphatic hydroxyl groups excluding tert-OH is 1. The number of carbonyl (C=O) groups is 1. The Morgan fingerprint density at radius 1 is 1.06 bits per heavy atom. The Bertz CT molecular complexity index is 1170. The zero-order valence-corrected chi connectivity index (χ0v) is 22.2. The van der Waals surface area contributed by atoms with Gasteiger partial charge < -0.3 is 14.4 Å². The van der Waals surface area contributed by atoms with Crippen LogP contribution in [-0.4, -0.2) is 27.9 Å². The van der Waals surface area contributed by atoms with Crippen molar-refractivity contribution in [2.75, 3.05) is 0 Å². The highest BCUT2D eigenvalue weighted by atomic mass is 16.6. The fourth-order valence-corrected chi connectivity index (χ4v) is 10.9. The molecule has 1 aliphatic heterocycles. The van der Waals surface area contributed by atoms with Crippen molar-refractivity contribution < 1.29 is 19.2 Å². The first-order valence-electron chi connectivity index (χ1n) is 13.9. The van der Waals surface area contributed by atoms with Gasteiger partial charge in [-0.05, 0) is 73.5 Å². The van der Waals surface area contributed by atoms with Crippen LogP contribution in [0.3, 0.4) is 0 Å². The third-order valence-corrected chi connectivity index (χ3v) is 13.0. The maximum absolute atomic E-state index is 13.7. The van der Waals surface area contributed by atoms with Crippen molar-refractivity contribution in [3.8, 4) is 0 Å². The zero-order chi connectivity index (χ0) is 24.8. The van der Waals surface area contributed by atoms with Crippen LogP contribution < -0.4 is 0 Å². The van der Waals surface area contributed by atoms with E-state index in [4.69, 9.17) is 9.26 Å². The van der Waals surface area contributed by atoms with Crippen molar-refractivity contribution in [3.63, 3.8) is 0 Å². The second kappa shape index (κ2) is 6.26. The normalized spacial score (nSPS) is 53.3. The molecule has 1 spiro atoms. The lowest BCUT2D eigenvalue weighted by Crippen LogP contribution is -2.72. The highest BCUT2D eigenvalue weighted by molar-refractivity contribution is 5.82. The molecule has 1 saturated heterocycles. The first kappa shape index (κ1) is 22.6. The van der Waals surface area contributed by atoms with Gasteiger partial charge in [0, 0.05) is 22.8 Å². The molecule has 0 aromatic carbocycles. The molecule has 35 heavy (non-hydrogen) atoms. The van der Waals surface area contributed by atoms with Crippen LogP contribution in [0.5, 0.6) is 0 Å². The number of esters is 1. The van der Waals surface area contributed by atoms with E-state index in [-0.39, 0.29) is 33.5 Å². The number of ether oxygens (including phenoxy) is 1. The maximum atomic E-state index is 13.7. The number of fused-ring (bicyclic) bond motifs is 5.